The average molecular weight is 344 g/mol. The highest BCUT2D eigenvalue weighted by atomic mass is 16.7. The highest BCUT2D eigenvalue weighted by Gasteiger charge is 2.51. The molecule has 4 aliphatic heterocycles. The summed E-state index contributed by atoms with van der Waals surface area (Å²) in [7, 11) is 0. The molecule has 0 aromatic heterocycles. The van der Waals surface area contributed by atoms with Crippen molar-refractivity contribution in [3.63, 3.8) is 0 Å². The van der Waals surface area contributed by atoms with E-state index in [0.717, 1.165) is 17.0 Å². The Labute approximate surface area is 145 Å². The summed E-state index contributed by atoms with van der Waals surface area (Å²) in [4.78, 5) is 10.6. The molecule has 0 spiro atoms. The van der Waals surface area contributed by atoms with Crippen molar-refractivity contribution in [1.82, 2.24) is 0 Å². The maximum Gasteiger partial charge on any atom is 0.129 e. The Bertz CT molecular complexity index is 692. The third-order valence-corrected chi connectivity index (χ3v) is 5.15. The van der Waals surface area contributed by atoms with Gasteiger partial charge in [-0.15, -0.1) is 0 Å². The van der Waals surface area contributed by atoms with Crippen LogP contribution >= 0.6 is 0 Å². The number of hydrogen-bond acceptors (Lipinski definition) is 7. The first-order valence-electron chi connectivity index (χ1n) is 8.68. The molecule has 0 bridgehead atoms. The lowest BCUT2D eigenvalue weighted by atomic mass is 9.89. The van der Waals surface area contributed by atoms with Crippen LogP contribution in [0.5, 0.6) is 0 Å². The molecule has 1 aromatic carbocycles. The number of benzene rings is 1. The maximum atomic E-state index is 6.27. The predicted molar refractivity (Wildman–Crippen MR) is 88.3 cm³/mol. The van der Waals surface area contributed by atoms with E-state index in [1.165, 1.54) is 0 Å². The van der Waals surface area contributed by atoms with Crippen molar-refractivity contribution < 1.29 is 23.9 Å². The largest absolute Gasteiger partial charge is 0.395 e. The van der Waals surface area contributed by atoms with Crippen molar-refractivity contribution >= 4 is 11.4 Å². The van der Waals surface area contributed by atoms with E-state index in [0.29, 0.717) is 33.0 Å². The molecule has 7 nitrogen and oxygen atoms in total. The van der Waals surface area contributed by atoms with Crippen LogP contribution in [0.15, 0.2) is 40.6 Å². The van der Waals surface area contributed by atoms with Gasteiger partial charge < -0.3 is 23.9 Å². The van der Waals surface area contributed by atoms with E-state index >= 15 is 0 Å². The van der Waals surface area contributed by atoms with Gasteiger partial charge in [-0.25, -0.2) is 0 Å². The highest BCUT2D eigenvalue weighted by molar-refractivity contribution is 5.97. The summed E-state index contributed by atoms with van der Waals surface area (Å²) >= 11 is 0. The van der Waals surface area contributed by atoms with Crippen molar-refractivity contribution in [2.45, 2.75) is 24.9 Å². The van der Waals surface area contributed by atoms with E-state index in [4.69, 9.17) is 23.9 Å². The Morgan fingerprint density at radius 3 is 2.44 bits per heavy atom. The molecule has 7 heteroatoms. The van der Waals surface area contributed by atoms with Gasteiger partial charge in [-0.3, -0.25) is 0 Å². The SMILES string of the molecule is c1ccc(CO[C@H]2C3=NOC[C@@H]3CO[C@@H]3C4=NOC[C@H]4CO[C@@H]32)cc1. The molecular weight excluding hydrogens is 324 g/mol. The van der Waals surface area contributed by atoms with E-state index in [-0.39, 0.29) is 30.1 Å². The molecule has 0 saturated carbocycles. The molecular formula is C18H20N2O5. The molecule has 1 aromatic rings. The molecule has 4 aliphatic rings. The normalized spacial score (nSPS) is 36.1. The Morgan fingerprint density at radius 2 is 1.60 bits per heavy atom. The van der Waals surface area contributed by atoms with Crippen molar-refractivity contribution in [3.05, 3.63) is 35.9 Å². The van der Waals surface area contributed by atoms with Crippen molar-refractivity contribution in [2.75, 3.05) is 26.4 Å². The third kappa shape index (κ3) is 2.72. The van der Waals surface area contributed by atoms with Crippen LogP contribution in [0, 0.1) is 11.8 Å². The van der Waals surface area contributed by atoms with Gasteiger partial charge in [-0.1, -0.05) is 40.6 Å². The predicted octanol–water partition coefficient (Wildman–Crippen LogP) is 1.37. The van der Waals surface area contributed by atoms with E-state index in [9.17, 15) is 0 Å². The van der Waals surface area contributed by atoms with Crippen LogP contribution in [-0.2, 0) is 30.5 Å². The lowest BCUT2D eigenvalue weighted by molar-refractivity contribution is -0.115. The number of oxime groups is 2. The Hall–Kier alpha value is -1.96. The van der Waals surface area contributed by atoms with E-state index in [2.05, 4.69) is 10.3 Å². The van der Waals surface area contributed by atoms with Gasteiger partial charge in [0.05, 0.1) is 43.1 Å². The van der Waals surface area contributed by atoms with Crippen molar-refractivity contribution in [3.8, 4) is 0 Å². The minimum Gasteiger partial charge on any atom is -0.395 e. The van der Waals surface area contributed by atoms with Crippen molar-refractivity contribution in [2.24, 2.45) is 22.1 Å². The summed E-state index contributed by atoms with van der Waals surface area (Å²) in [6.07, 6.45) is -0.856. The molecule has 132 valence electrons. The second-order valence-corrected chi connectivity index (χ2v) is 6.79. The maximum absolute atomic E-state index is 6.27. The Morgan fingerprint density at radius 1 is 0.880 bits per heavy atom. The van der Waals surface area contributed by atoms with Gasteiger partial charge in [0.1, 0.15) is 31.5 Å². The lowest BCUT2D eigenvalue weighted by Gasteiger charge is -2.36. The van der Waals surface area contributed by atoms with E-state index in [1.807, 2.05) is 30.3 Å². The van der Waals surface area contributed by atoms with Crippen LogP contribution in [0.2, 0.25) is 0 Å². The standard InChI is InChI=1S/C18H20N2O5/c1-2-4-11(5-3-1)6-21-16-14-12(9-24-19-14)7-22-17-15-13(10-25-20-15)8-23-18(16)17/h1-5,12-13,16-18H,6-10H2/t12-,13+,16-,17+,18+/m0/s1. The van der Waals surface area contributed by atoms with Gasteiger partial charge in [0.15, 0.2) is 0 Å². The zero-order chi connectivity index (χ0) is 16.6. The van der Waals surface area contributed by atoms with Gasteiger partial charge in [-0.2, -0.15) is 0 Å². The molecule has 0 aliphatic carbocycles. The smallest absolute Gasteiger partial charge is 0.129 e. The Kier molecular flexibility index (Phi) is 3.92. The summed E-state index contributed by atoms with van der Waals surface area (Å²) in [5, 5.41) is 8.46. The minimum atomic E-state index is -0.315. The Balaban J connectivity index is 1.42. The number of ether oxygens (including phenoxy) is 3. The highest BCUT2D eigenvalue weighted by Crippen LogP contribution is 2.33. The zero-order valence-corrected chi connectivity index (χ0v) is 13.7. The van der Waals surface area contributed by atoms with Crippen LogP contribution in [0.4, 0.5) is 0 Å². The van der Waals surface area contributed by atoms with Gasteiger partial charge in [0, 0.05) is 0 Å². The molecule has 0 amide bonds. The number of rotatable bonds is 3. The van der Waals surface area contributed by atoms with E-state index < -0.39 is 0 Å². The summed E-state index contributed by atoms with van der Waals surface area (Å²) in [5.74, 6) is 0.267. The fourth-order valence-electron chi connectivity index (χ4n) is 3.80. The van der Waals surface area contributed by atoms with Crippen LogP contribution in [-0.4, -0.2) is 56.2 Å². The monoisotopic (exact) mass is 344 g/mol. The summed E-state index contributed by atoms with van der Waals surface area (Å²) in [6.45, 7) is 2.65. The fourth-order valence-corrected chi connectivity index (χ4v) is 3.80. The van der Waals surface area contributed by atoms with Crippen LogP contribution in [0.3, 0.4) is 0 Å². The lowest BCUT2D eigenvalue weighted by Crippen LogP contribution is -2.54. The molecule has 25 heavy (non-hydrogen) atoms. The molecule has 0 unspecified atom stereocenters. The second-order valence-electron chi connectivity index (χ2n) is 6.79. The third-order valence-electron chi connectivity index (χ3n) is 5.15. The molecule has 2 saturated heterocycles. The van der Waals surface area contributed by atoms with Crippen LogP contribution in [0.25, 0.3) is 0 Å². The summed E-state index contributed by atoms with van der Waals surface area (Å²) in [5.41, 5.74) is 2.92. The fraction of sp³-hybridized carbons (Fsp3) is 0.556. The van der Waals surface area contributed by atoms with Gasteiger partial charge >= 0.3 is 0 Å². The quantitative estimate of drug-likeness (QED) is 0.828. The molecule has 5 rings (SSSR count). The molecule has 0 radical (unpaired) electrons. The first-order valence-corrected chi connectivity index (χ1v) is 8.68. The summed E-state index contributed by atoms with van der Waals surface area (Å²) in [6, 6.07) is 10.1. The molecule has 0 N–H and O–H groups in total. The first-order chi connectivity index (χ1) is 12.4. The molecule has 5 atom stereocenters. The van der Waals surface area contributed by atoms with Gasteiger partial charge in [0.2, 0.25) is 0 Å². The second kappa shape index (κ2) is 6.40. The van der Waals surface area contributed by atoms with Crippen molar-refractivity contribution in [1.29, 1.82) is 0 Å². The number of fused-ring (bicyclic) bond motifs is 4. The van der Waals surface area contributed by atoms with Crippen LogP contribution < -0.4 is 0 Å². The van der Waals surface area contributed by atoms with Gasteiger partial charge in [-0.05, 0) is 5.56 Å². The zero-order valence-electron chi connectivity index (χ0n) is 13.7. The topological polar surface area (TPSA) is 70.9 Å². The number of nitrogens with zero attached hydrogens (tertiary/aromatic N) is 2. The van der Waals surface area contributed by atoms with E-state index in [1.54, 1.807) is 0 Å². The average Bonchev–Trinajstić information content (AvgIpc) is 3.28. The molecule has 2 fully saturated rings. The van der Waals surface area contributed by atoms with Crippen LogP contribution in [0.1, 0.15) is 5.56 Å². The first kappa shape index (κ1) is 15.3. The van der Waals surface area contributed by atoms with Gasteiger partial charge in [0.25, 0.3) is 0 Å². The number of hydrogen-bond donors (Lipinski definition) is 0. The molecule has 4 heterocycles. The summed E-state index contributed by atoms with van der Waals surface area (Å²) < 4.78 is 18.5. The minimum absolute atomic E-state index is 0.0938.